The lowest BCUT2D eigenvalue weighted by Crippen LogP contribution is -2.51. The molecule has 0 aliphatic carbocycles. The van der Waals surface area contributed by atoms with E-state index in [1.165, 1.54) is 4.88 Å². The second-order valence-corrected chi connectivity index (χ2v) is 7.41. The predicted octanol–water partition coefficient (Wildman–Crippen LogP) is 3.40. The number of carboxylic acids is 1. The number of nitrogens with zero attached hydrogens (tertiary/aromatic N) is 1. The number of thiophene rings is 1. The number of urea groups is 1. The third kappa shape index (κ3) is 5.38. The van der Waals surface area contributed by atoms with Gasteiger partial charge in [0.05, 0.1) is 12.5 Å². The van der Waals surface area contributed by atoms with E-state index in [4.69, 9.17) is 5.11 Å². The quantitative estimate of drug-likeness (QED) is 0.875. The molecule has 0 bridgehead atoms. The molecular weight excluding hydrogens is 288 g/mol. The fourth-order valence-corrected chi connectivity index (χ4v) is 2.85. The van der Waals surface area contributed by atoms with E-state index in [1.54, 1.807) is 16.2 Å². The van der Waals surface area contributed by atoms with Gasteiger partial charge in [-0.15, -0.1) is 11.3 Å². The van der Waals surface area contributed by atoms with Crippen LogP contribution in [0.1, 0.15) is 49.9 Å². The number of carbonyl (C=O) groups excluding carboxylic acids is 1. The highest BCUT2D eigenvalue weighted by atomic mass is 32.1. The first-order chi connectivity index (χ1) is 9.61. The highest BCUT2D eigenvalue weighted by Crippen LogP contribution is 2.23. The second-order valence-electron chi connectivity index (χ2n) is 6.09. The van der Waals surface area contributed by atoms with E-state index in [-0.39, 0.29) is 25.0 Å². The zero-order valence-corrected chi connectivity index (χ0v) is 14.1. The largest absolute Gasteiger partial charge is 0.481 e. The normalized spacial score (nSPS) is 12.8. The molecular formula is C15H24N2O3S. The van der Waals surface area contributed by atoms with Crippen LogP contribution in [-0.4, -0.2) is 34.1 Å². The average Bonchev–Trinajstić information content (AvgIpc) is 2.73. The minimum atomic E-state index is -0.904. The Morgan fingerprint density at radius 3 is 2.43 bits per heavy atom. The molecule has 6 heteroatoms. The molecule has 0 aliphatic heterocycles. The molecule has 1 unspecified atom stereocenters. The molecule has 118 valence electrons. The van der Waals surface area contributed by atoms with Crippen LogP contribution in [0.5, 0.6) is 0 Å². The predicted molar refractivity (Wildman–Crippen MR) is 84.7 cm³/mol. The maximum absolute atomic E-state index is 12.4. The van der Waals surface area contributed by atoms with E-state index in [1.807, 2.05) is 46.8 Å². The Kier molecular flexibility index (Phi) is 5.78. The van der Waals surface area contributed by atoms with Crippen LogP contribution in [0.25, 0.3) is 0 Å². The topological polar surface area (TPSA) is 69.6 Å². The number of aryl methyl sites for hydroxylation is 1. The van der Waals surface area contributed by atoms with Gasteiger partial charge in [0.25, 0.3) is 0 Å². The van der Waals surface area contributed by atoms with Gasteiger partial charge in [0.15, 0.2) is 0 Å². The molecule has 2 N–H and O–H groups in total. The molecule has 0 saturated heterocycles. The Morgan fingerprint density at radius 1 is 1.38 bits per heavy atom. The third-order valence-electron chi connectivity index (χ3n) is 3.13. The summed E-state index contributed by atoms with van der Waals surface area (Å²) >= 11 is 1.65. The van der Waals surface area contributed by atoms with Crippen molar-refractivity contribution in [2.75, 3.05) is 6.54 Å². The first-order valence-electron chi connectivity index (χ1n) is 6.97. The van der Waals surface area contributed by atoms with E-state index < -0.39 is 11.5 Å². The number of amides is 2. The lowest BCUT2D eigenvalue weighted by Gasteiger charge is -2.36. The van der Waals surface area contributed by atoms with E-state index >= 15 is 0 Å². The van der Waals surface area contributed by atoms with Crippen molar-refractivity contribution in [2.45, 2.75) is 52.6 Å². The number of aliphatic carboxylic acids is 1. The van der Waals surface area contributed by atoms with Crippen LogP contribution >= 0.6 is 11.3 Å². The van der Waals surface area contributed by atoms with Gasteiger partial charge >= 0.3 is 12.0 Å². The summed E-state index contributed by atoms with van der Waals surface area (Å²) in [5, 5.41) is 11.8. The highest BCUT2D eigenvalue weighted by molar-refractivity contribution is 7.12. The van der Waals surface area contributed by atoms with Crippen LogP contribution in [0.4, 0.5) is 4.79 Å². The summed E-state index contributed by atoms with van der Waals surface area (Å²) in [5.41, 5.74) is -0.426. The molecule has 2 amide bonds. The van der Waals surface area contributed by atoms with Gasteiger partial charge in [0.1, 0.15) is 0 Å². The maximum Gasteiger partial charge on any atom is 0.318 e. The van der Waals surface area contributed by atoms with Crippen molar-refractivity contribution >= 4 is 23.3 Å². The smallest absolute Gasteiger partial charge is 0.318 e. The van der Waals surface area contributed by atoms with Crippen LogP contribution in [0.3, 0.4) is 0 Å². The molecule has 1 aromatic rings. The van der Waals surface area contributed by atoms with Crippen LogP contribution < -0.4 is 5.32 Å². The standard InChI is InChI=1S/C15H24N2O3S/c1-10-6-7-12(21-10)11(2)16-14(20)17(15(3,4)5)9-8-13(18)19/h6-7,11H,8-9H2,1-5H3,(H,16,20)(H,18,19). The number of carboxylic acid groups (broad SMARTS) is 1. The van der Waals surface area contributed by atoms with Crippen LogP contribution in [0.15, 0.2) is 12.1 Å². The van der Waals surface area contributed by atoms with Crippen molar-refractivity contribution in [1.29, 1.82) is 0 Å². The molecule has 1 aromatic heterocycles. The van der Waals surface area contributed by atoms with E-state index in [0.717, 1.165) is 4.88 Å². The molecule has 1 rings (SSSR count). The molecule has 21 heavy (non-hydrogen) atoms. The zero-order valence-electron chi connectivity index (χ0n) is 13.3. The molecule has 0 fully saturated rings. The number of hydrogen-bond acceptors (Lipinski definition) is 3. The van der Waals surface area contributed by atoms with Crippen molar-refractivity contribution in [1.82, 2.24) is 10.2 Å². The monoisotopic (exact) mass is 312 g/mol. The molecule has 1 heterocycles. The summed E-state index contributed by atoms with van der Waals surface area (Å²) in [4.78, 5) is 27.0. The van der Waals surface area contributed by atoms with E-state index in [9.17, 15) is 9.59 Å². The molecule has 0 aromatic carbocycles. The van der Waals surface area contributed by atoms with Crippen molar-refractivity contribution in [3.05, 3.63) is 21.9 Å². The van der Waals surface area contributed by atoms with Gasteiger partial charge in [-0.2, -0.15) is 0 Å². The second kappa shape index (κ2) is 6.93. The summed E-state index contributed by atoms with van der Waals surface area (Å²) in [6.45, 7) is 9.84. The van der Waals surface area contributed by atoms with Gasteiger partial charge in [-0.1, -0.05) is 0 Å². The minimum absolute atomic E-state index is 0.0584. The van der Waals surface area contributed by atoms with Crippen molar-refractivity contribution in [3.63, 3.8) is 0 Å². The Hall–Kier alpha value is -1.56. The van der Waals surface area contributed by atoms with Crippen molar-refractivity contribution in [3.8, 4) is 0 Å². The van der Waals surface area contributed by atoms with Gasteiger partial charge in [-0.25, -0.2) is 4.79 Å². The Bertz CT molecular complexity index is 505. The molecule has 1 atom stereocenters. The Labute approximate surface area is 130 Å². The van der Waals surface area contributed by atoms with Crippen molar-refractivity contribution in [2.24, 2.45) is 0 Å². The molecule has 0 aliphatic rings. The number of nitrogens with one attached hydrogen (secondary N) is 1. The van der Waals surface area contributed by atoms with Crippen molar-refractivity contribution < 1.29 is 14.7 Å². The zero-order chi connectivity index (χ0) is 16.2. The number of rotatable bonds is 5. The SMILES string of the molecule is Cc1ccc(C(C)NC(=O)N(CCC(=O)O)C(C)(C)C)s1. The lowest BCUT2D eigenvalue weighted by atomic mass is 10.1. The summed E-state index contributed by atoms with van der Waals surface area (Å²) in [5.74, 6) is -0.904. The van der Waals surface area contributed by atoms with E-state index in [2.05, 4.69) is 5.32 Å². The van der Waals surface area contributed by atoms with Gasteiger partial charge in [-0.05, 0) is 46.8 Å². The Morgan fingerprint density at radius 2 is 2.00 bits per heavy atom. The van der Waals surface area contributed by atoms with Gasteiger partial charge < -0.3 is 15.3 Å². The third-order valence-corrected chi connectivity index (χ3v) is 4.32. The summed E-state index contributed by atoms with van der Waals surface area (Å²) in [6.07, 6.45) is -0.0584. The minimum Gasteiger partial charge on any atom is -0.481 e. The molecule has 0 radical (unpaired) electrons. The molecule has 0 spiro atoms. The van der Waals surface area contributed by atoms with Crippen LogP contribution in [-0.2, 0) is 4.79 Å². The summed E-state index contributed by atoms with van der Waals surface area (Å²) in [7, 11) is 0. The lowest BCUT2D eigenvalue weighted by molar-refractivity contribution is -0.137. The van der Waals surface area contributed by atoms with Gasteiger partial charge in [0, 0.05) is 21.8 Å². The van der Waals surface area contributed by atoms with Crippen LogP contribution in [0, 0.1) is 6.92 Å². The number of hydrogen-bond donors (Lipinski definition) is 2. The van der Waals surface area contributed by atoms with Crippen LogP contribution in [0.2, 0.25) is 0 Å². The summed E-state index contributed by atoms with van der Waals surface area (Å²) in [6, 6.07) is 3.70. The fourth-order valence-electron chi connectivity index (χ4n) is 1.97. The maximum atomic E-state index is 12.4. The van der Waals surface area contributed by atoms with Gasteiger partial charge in [-0.3, -0.25) is 4.79 Å². The molecule has 5 nitrogen and oxygen atoms in total. The first kappa shape index (κ1) is 17.5. The Balaban J connectivity index is 2.74. The highest BCUT2D eigenvalue weighted by Gasteiger charge is 2.27. The number of carbonyl (C=O) groups is 2. The van der Waals surface area contributed by atoms with E-state index in [0.29, 0.717) is 0 Å². The van der Waals surface area contributed by atoms with Gasteiger partial charge in [0.2, 0.25) is 0 Å². The molecule has 0 saturated carbocycles. The fraction of sp³-hybridized carbons (Fsp3) is 0.600. The average molecular weight is 312 g/mol. The summed E-state index contributed by atoms with van der Waals surface area (Å²) < 4.78 is 0. The first-order valence-corrected chi connectivity index (χ1v) is 7.79.